The van der Waals surface area contributed by atoms with Crippen LogP contribution in [0.5, 0.6) is 0 Å². The summed E-state index contributed by atoms with van der Waals surface area (Å²) >= 11 is 0. The molecule has 0 amide bonds. The van der Waals surface area contributed by atoms with E-state index in [4.69, 9.17) is 10.2 Å². The Kier molecular flexibility index (Phi) is 2.44. The average molecular weight is 205 g/mol. The molecule has 0 aromatic carbocycles. The maximum absolute atomic E-state index is 5.77. The van der Waals surface area contributed by atoms with Crippen LogP contribution in [0.4, 0.5) is 0 Å². The molecule has 2 aromatic rings. The zero-order valence-corrected chi connectivity index (χ0v) is 9.19. The number of nitrogens with two attached hydrogens (primary N) is 1. The lowest BCUT2D eigenvalue weighted by atomic mass is 10.1. The van der Waals surface area contributed by atoms with E-state index < -0.39 is 0 Å². The number of oxazole rings is 1. The van der Waals surface area contributed by atoms with Gasteiger partial charge in [0.05, 0.1) is 0 Å². The van der Waals surface area contributed by atoms with Gasteiger partial charge in [0.15, 0.2) is 5.89 Å². The SMILES string of the molecule is CC(C)c1nc2cc(C(C)N)cnc2o1. The Bertz CT molecular complexity index is 468. The highest BCUT2D eigenvalue weighted by molar-refractivity contribution is 5.68. The average Bonchev–Trinajstić information content (AvgIpc) is 2.59. The Labute approximate surface area is 88.5 Å². The van der Waals surface area contributed by atoms with Crippen molar-refractivity contribution in [2.24, 2.45) is 5.73 Å². The van der Waals surface area contributed by atoms with E-state index in [-0.39, 0.29) is 12.0 Å². The molecule has 1 atom stereocenters. The van der Waals surface area contributed by atoms with Crippen molar-refractivity contribution in [3.8, 4) is 0 Å². The molecule has 2 N–H and O–H groups in total. The fourth-order valence-electron chi connectivity index (χ4n) is 1.35. The van der Waals surface area contributed by atoms with Crippen LogP contribution in [0.1, 0.15) is 44.2 Å². The van der Waals surface area contributed by atoms with Gasteiger partial charge in [0.2, 0.25) is 5.71 Å². The van der Waals surface area contributed by atoms with Crippen molar-refractivity contribution in [3.05, 3.63) is 23.7 Å². The summed E-state index contributed by atoms with van der Waals surface area (Å²) in [6, 6.07) is 1.91. The van der Waals surface area contributed by atoms with Crippen LogP contribution in [0.3, 0.4) is 0 Å². The molecule has 0 saturated carbocycles. The Morgan fingerprint density at radius 1 is 1.33 bits per heavy atom. The summed E-state index contributed by atoms with van der Waals surface area (Å²) in [4.78, 5) is 8.57. The number of pyridine rings is 1. The molecule has 1 unspecified atom stereocenters. The van der Waals surface area contributed by atoms with Crippen LogP contribution in [-0.4, -0.2) is 9.97 Å². The summed E-state index contributed by atoms with van der Waals surface area (Å²) in [7, 11) is 0. The van der Waals surface area contributed by atoms with Gasteiger partial charge in [-0.3, -0.25) is 0 Å². The second-order valence-corrected chi connectivity index (χ2v) is 4.09. The lowest BCUT2D eigenvalue weighted by Gasteiger charge is -2.02. The van der Waals surface area contributed by atoms with Gasteiger partial charge >= 0.3 is 0 Å². The van der Waals surface area contributed by atoms with Crippen molar-refractivity contribution < 1.29 is 4.42 Å². The van der Waals surface area contributed by atoms with Crippen LogP contribution in [0.2, 0.25) is 0 Å². The Morgan fingerprint density at radius 3 is 2.67 bits per heavy atom. The molecule has 2 rings (SSSR count). The number of aromatic nitrogens is 2. The smallest absolute Gasteiger partial charge is 0.246 e. The van der Waals surface area contributed by atoms with Crippen molar-refractivity contribution in [2.45, 2.75) is 32.7 Å². The topological polar surface area (TPSA) is 64.9 Å². The van der Waals surface area contributed by atoms with Crippen molar-refractivity contribution in [2.75, 3.05) is 0 Å². The van der Waals surface area contributed by atoms with Gasteiger partial charge in [-0.05, 0) is 18.6 Å². The number of hydrogen-bond acceptors (Lipinski definition) is 4. The molecule has 0 aliphatic carbocycles. The van der Waals surface area contributed by atoms with Crippen molar-refractivity contribution in [1.29, 1.82) is 0 Å². The van der Waals surface area contributed by atoms with E-state index in [1.807, 2.05) is 26.8 Å². The maximum Gasteiger partial charge on any atom is 0.246 e. The molecule has 0 radical (unpaired) electrons. The first-order chi connectivity index (χ1) is 7.08. The van der Waals surface area contributed by atoms with Crippen molar-refractivity contribution >= 4 is 11.2 Å². The highest BCUT2D eigenvalue weighted by atomic mass is 16.4. The first-order valence-electron chi connectivity index (χ1n) is 5.10. The summed E-state index contributed by atoms with van der Waals surface area (Å²) in [5.41, 5.74) is 8.12. The fraction of sp³-hybridized carbons (Fsp3) is 0.455. The third kappa shape index (κ3) is 1.85. The molecule has 0 aliphatic rings. The summed E-state index contributed by atoms with van der Waals surface area (Å²) in [6.45, 7) is 6.00. The Morgan fingerprint density at radius 2 is 2.07 bits per heavy atom. The van der Waals surface area contributed by atoms with Gasteiger partial charge in [-0.2, -0.15) is 0 Å². The molecule has 4 nitrogen and oxygen atoms in total. The third-order valence-corrected chi connectivity index (χ3v) is 2.30. The summed E-state index contributed by atoms with van der Waals surface area (Å²) < 4.78 is 5.50. The predicted octanol–water partition coefficient (Wildman–Crippen LogP) is 2.37. The van der Waals surface area contributed by atoms with Crippen LogP contribution < -0.4 is 5.73 Å². The lowest BCUT2D eigenvalue weighted by Crippen LogP contribution is -2.04. The highest BCUT2D eigenvalue weighted by Crippen LogP contribution is 2.21. The van der Waals surface area contributed by atoms with Crippen molar-refractivity contribution in [3.63, 3.8) is 0 Å². The largest absolute Gasteiger partial charge is 0.422 e. The highest BCUT2D eigenvalue weighted by Gasteiger charge is 2.11. The number of rotatable bonds is 2. The van der Waals surface area contributed by atoms with Crippen LogP contribution in [0, 0.1) is 0 Å². The molecular weight excluding hydrogens is 190 g/mol. The minimum atomic E-state index is -0.0268. The Hall–Kier alpha value is -1.42. The zero-order valence-electron chi connectivity index (χ0n) is 9.19. The summed E-state index contributed by atoms with van der Waals surface area (Å²) in [5.74, 6) is 0.997. The molecule has 2 heterocycles. The second-order valence-electron chi connectivity index (χ2n) is 4.09. The van der Waals surface area contributed by atoms with Gasteiger partial charge in [0.1, 0.15) is 5.52 Å². The first-order valence-corrected chi connectivity index (χ1v) is 5.10. The fourth-order valence-corrected chi connectivity index (χ4v) is 1.35. The molecule has 80 valence electrons. The van der Waals surface area contributed by atoms with Gasteiger partial charge in [0, 0.05) is 18.2 Å². The van der Waals surface area contributed by atoms with E-state index in [0.29, 0.717) is 5.71 Å². The van der Waals surface area contributed by atoms with E-state index >= 15 is 0 Å². The molecule has 4 heteroatoms. The number of fused-ring (bicyclic) bond motifs is 1. The minimum Gasteiger partial charge on any atom is -0.422 e. The molecule has 2 aromatic heterocycles. The van der Waals surface area contributed by atoms with Gasteiger partial charge in [-0.1, -0.05) is 13.8 Å². The maximum atomic E-state index is 5.77. The van der Waals surface area contributed by atoms with E-state index in [1.54, 1.807) is 6.20 Å². The quantitative estimate of drug-likeness (QED) is 0.817. The van der Waals surface area contributed by atoms with Gasteiger partial charge < -0.3 is 10.2 Å². The molecule has 0 saturated heterocycles. The second kappa shape index (κ2) is 3.62. The van der Waals surface area contributed by atoms with E-state index in [1.165, 1.54) is 0 Å². The molecule has 0 fully saturated rings. The third-order valence-electron chi connectivity index (χ3n) is 2.30. The number of hydrogen-bond donors (Lipinski definition) is 1. The monoisotopic (exact) mass is 205 g/mol. The molecule has 15 heavy (non-hydrogen) atoms. The standard InChI is InChI=1S/C11H15N3O/c1-6(2)10-14-9-4-8(7(3)12)5-13-11(9)15-10/h4-7H,12H2,1-3H3. The molecule has 0 bridgehead atoms. The zero-order chi connectivity index (χ0) is 11.0. The predicted molar refractivity (Wildman–Crippen MR) is 58.5 cm³/mol. The van der Waals surface area contributed by atoms with Crippen molar-refractivity contribution in [1.82, 2.24) is 9.97 Å². The van der Waals surface area contributed by atoms with Gasteiger partial charge in [0.25, 0.3) is 0 Å². The normalized spacial score (nSPS) is 13.7. The lowest BCUT2D eigenvalue weighted by molar-refractivity contribution is 0.494. The van der Waals surface area contributed by atoms with E-state index in [9.17, 15) is 0 Å². The van der Waals surface area contributed by atoms with Gasteiger partial charge in [-0.15, -0.1) is 0 Å². The van der Waals surface area contributed by atoms with E-state index in [0.717, 1.165) is 17.0 Å². The number of nitrogens with zero attached hydrogens (tertiary/aromatic N) is 2. The summed E-state index contributed by atoms with van der Waals surface area (Å²) in [5, 5.41) is 0. The van der Waals surface area contributed by atoms with Crippen LogP contribution >= 0.6 is 0 Å². The molecular formula is C11H15N3O. The molecule has 0 aliphatic heterocycles. The molecule has 0 spiro atoms. The Balaban J connectivity index is 2.52. The van der Waals surface area contributed by atoms with E-state index in [2.05, 4.69) is 9.97 Å². The van der Waals surface area contributed by atoms with Crippen LogP contribution in [0.25, 0.3) is 11.2 Å². The summed E-state index contributed by atoms with van der Waals surface area (Å²) in [6.07, 6.45) is 1.74. The minimum absolute atomic E-state index is 0.0268. The first kappa shape index (κ1) is 10.1. The van der Waals surface area contributed by atoms with Crippen LogP contribution in [0.15, 0.2) is 16.7 Å². The van der Waals surface area contributed by atoms with Gasteiger partial charge in [-0.25, -0.2) is 9.97 Å². The van der Waals surface area contributed by atoms with Crippen LogP contribution in [-0.2, 0) is 0 Å².